The zero-order valence-electron chi connectivity index (χ0n) is 11.0. The Labute approximate surface area is 119 Å². The van der Waals surface area contributed by atoms with Crippen LogP contribution in [0.25, 0.3) is 0 Å². The van der Waals surface area contributed by atoms with Crippen LogP contribution in [-0.2, 0) is 0 Å². The topological polar surface area (TPSA) is 54.0 Å². The SMILES string of the molecule is CCCNc1ccc(C(=O)NCCSC(F)(F)F)cn1. The van der Waals surface area contributed by atoms with E-state index in [2.05, 4.69) is 15.6 Å². The Morgan fingerprint density at radius 3 is 2.65 bits per heavy atom. The quantitative estimate of drug-likeness (QED) is 0.761. The van der Waals surface area contributed by atoms with Gasteiger partial charge < -0.3 is 10.6 Å². The summed E-state index contributed by atoms with van der Waals surface area (Å²) in [4.78, 5) is 15.7. The normalized spacial score (nSPS) is 11.2. The van der Waals surface area contributed by atoms with Gasteiger partial charge in [0.05, 0.1) is 5.56 Å². The molecule has 2 N–H and O–H groups in total. The molecule has 8 heteroatoms. The van der Waals surface area contributed by atoms with Gasteiger partial charge in [-0.25, -0.2) is 4.98 Å². The van der Waals surface area contributed by atoms with Crippen LogP contribution in [0.3, 0.4) is 0 Å². The molecular weight excluding hydrogens is 291 g/mol. The number of hydrogen-bond acceptors (Lipinski definition) is 4. The van der Waals surface area contributed by atoms with Crippen LogP contribution in [0, 0.1) is 0 Å². The summed E-state index contributed by atoms with van der Waals surface area (Å²) in [6.07, 6.45) is 2.35. The van der Waals surface area contributed by atoms with Crippen LogP contribution in [0.1, 0.15) is 23.7 Å². The summed E-state index contributed by atoms with van der Waals surface area (Å²) in [6.45, 7) is 2.76. The standard InChI is InChI=1S/C12H16F3N3OS/c1-2-5-16-10-4-3-9(8-18-10)11(19)17-6-7-20-12(13,14)15/h3-4,8H,2,5-7H2,1H3,(H,16,18)(H,17,19). The van der Waals surface area contributed by atoms with Crippen molar-refractivity contribution < 1.29 is 18.0 Å². The second-order valence-electron chi connectivity index (χ2n) is 3.91. The van der Waals surface area contributed by atoms with Gasteiger partial charge in [0, 0.05) is 25.0 Å². The van der Waals surface area contributed by atoms with Crippen molar-refractivity contribution in [2.75, 3.05) is 24.2 Å². The smallest absolute Gasteiger partial charge is 0.370 e. The number of nitrogens with one attached hydrogen (secondary N) is 2. The highest BCUT2D eigenvalue weighted by Gasteiger charge is 2.27. The van der Waals surface area contributed by atoms with Gasteiger partial charge in [-0.15, -0.1) is 0 Å². The lowest BCUT2D eigenvalue weighted by Crippen LogP contribution is -2.26. The van der Waals surface area contributed by atoms with E-state index in [0.717, 1.165) is 13.0 Å². The molecule has 0 fully saturated rings. The Bertz CT molecular complexity index is 423. The van der Waals surface area contributed by atoms with Crippen LogP contribution in [0.15, 0.2) is 18.3 Å². The Morgan fingerprint density at radius 1 is 1.35 bits per heavy atom. The molecule has 1 amide bonds. The van der Waals surface area contributed by atoms with Crippen molar-refractivity contribution in [2.24, 2.45) is 0 Å². The van der Waals surface area contributed by atoms with Crippen molar-refractivity contribution in [3.8, 4) is 0 Å². The maximum absolute atomic E-state index is 11.9. The Balaban J connectivity index is 2.36. The predicted molar refractivity (Wildman–Crippen MR) is 73.9 cm³/mol. The van der Waals surface area contributed by atoms with Crippen molar-refractivity contribution >= 4 is 23.5 Å². The average molecular weight is 307 g/mol. The number of rotatable bonds is 7. The van der Waals surface area contributed by atoms with E-state index >= 15 is 0 Å². The Morgan fingerprint density at radius 2 is 2.10 bits per heavy atom. The highest BCUT2D eigenvalue weighted by Crippen LogP contribution is 2.29. The lowest BCUT2D eigenvalue weighted by atomic mass is 10.2. The van der Waals surface area contributed by atoms with E-state index in [1.165, 1.54) is 6.20 Å². The van der Waals surface area contributed by atoms with E-state index in [0.29, 0.717) is 11.4 Å². The Kier molecular flexibility index (Phi) is 6.63. The zero-order valence-corrected chi connectivity index (χ0v) is 11.8. The van der Waals surface area contributed by atoms with Gasteiger partial charge in [-0.2, -0.15) is 13.2 Å². The average Bonchev–Trinajstić information content (AvgIpc) is 2.40. The molecule has 0 aromatic carbocycles. The largest absolute Gasteiger partial charge is 0.441 e. The van der Waals surface area contributed by atoms with Gasteiger partial charge in [-0.05, 0) is 30.3 Å². The molecule has 0 atom stereocenters. The Hall–Kier alpha value is -1.44. The van der Waals surface area contributed by atoms with E-state index in [-0.39, 0.29) is 24.1 Å². The number of halogens is 3. The number of aromatic nitrogens is 1. The number of carbonyl (C=O) groups excluding carboxylic acids is 1. The van der Waals surface area contributed by atoms with Gasteiger partial charge in [0.2, 0.25) is 0 Å². The molecule has 112 valence electrons. The number of alkyl halides is 3. The molecule has 1 aromatic rings. The van der Waals surface area contributed by atoms with Crippen LogP contribution in [0.4, 0.5) is 19.0 Å². The summed E-state index contributed by atoms with van der Waals surface area (Å²) in [5.41, 5.74) is -3.94. The summed E-state index contributed by atoms with van der Waals surface area (Å²) in [5, 5.41) is 5.47. The van der Waals surface area contributed by atoms with Crippen molar-refractivity contribution in [1.82, 2.24) is 10.3 Å². The van der Waals surface area contributed by atoms with Gasteiger partial charge in [0.1, 0.15) is 5.82 Å². The second kappa shape index (κ2) is 7.98. The van der Waals surface area contributed by atoms with Crippen molar-refractivity contribution in [3.63, 3.8) is 0 Å². The molecular formula is C12H16F3N3OS. The maximum atomic E-state index is 11.9. The summed E-state index contributed by atoms with van der Waals surface area (Å²) in [5.74, 6) is 0.0251. The van der Waals surface area contributed by atoms with Crippen LogP contribution >= 0.6 is 11.8 Å². The minimum absolute atomic E-state index is 0.0428. The van der Waals surface area contributed by atoms with Crippen LogP contribution in [-0.4, -0.2) is 35.2 Å². The number of nitrogens with zero attached hydrogens (tertiary/aromatic N) is 1. The molecule has 1 aromatic heterocycles. The van der Waals surface area contributed by atoms with Crippen molar-refractivity contribution in [3.05, 3.63) is 23.9 Å². The molecule has 0 saturated carbocycles. The van der Waals surface area contributed by atoms with E-state index in [4.69, 9.17) is 0 Å². The van der Waals surface area contributed by atoms with E-state index < -0.39 is 11.4 Å². The molecule has 0 aliphatic carbocycles. The monoisotopic (exact) mass is 307 g/mol. The van der Waals surface area contributed by atoms with Gasteiger partial charge in [0.15, 0.2) is 0 Å². The zero-order chi connectivity index (χ0) is 15.0. The van der Waals surface area contributed by atoms with Gasteiger partial charge in [-0.3, -0.25) is 4.79 Å². The third kappa shape index (κ3) is 6.65. The molecule has 0 radical (unpaired) electrons. The molecule has 0 spiro atoms. The first kappa shape index (κ1) is 16.6. The third-order valence-corrected chi connectivity index (χ3v) is 2.97. The fourth-order valence-electron chi connectivity index (χ4n) is 1.32. The predicted octanol–water partition coefficient (Wildman–Crippen LogP) is 2.89. The lowest BCUT2D eigenvalue weighted by Gasteiger charge is -2.08. The van der Waals surface area contributed by atoms with Crippen LogP contribution in [0.2, 0.25) is 0 Å². The molecule has 0 saturated heterocycles. The molecule has 0 bridgehead atoms. The highest BCUT2D eigenvalue weighted by atomic mass is 32.2. The van der Waals surface area contributed by atoms with Crippen LogP contribution in [0.5, 0.6) is 0 Å². The molecule has 0 unspecified atom stereocenters. The first-order valence-corrected chi connectivity index (χ1v) is 7.09. The maximum Gasteiger partial charge on any atom is 0.441 e. The van der Waals surface area contributed by atoms with Gasteiger partial charge >= 0.3 is 5.51 Å². The highest BCUT2D eigenvalue weighted by molar-refractivity contribution is 8.00. The van der Waals surface area contributed by atoms with Crippen LogP contribution < -0.4 is 10.6 Å². The summed E-state index contributed by atoms with van der Waals surface area (Å²) in [6, 6.07) is 3.24. The van der Waals surface area contributed by atoms with E-state index in [1.807, 2.05) is 6.92 Å². The molecule has 1 heterocycles. The minimum atomic E-state index is -4.27. The number of pyridine rings is 1. The van der Waals surface area contributed by atoms with E-state index in [9.17, 15) is 18.0 Å². The van der Waals surface area contributed by atoms with E-state index in [1.54, 1.807) is 12.1 Å². The number of carbonyl (C=O) groups is 1. The summed E-state index contributed by atoms with van der Waals surface area (Å²) in [7, 11) is 0. The van der Waals surface area contributed by atoms with Gasteiger partial charge in [0.25, 0.3) is 5.91 Å². The first-order valence-electron chi connectivity index (χ1n) is 6.11. The fourth-order valence-corrected chi connectivity index (χ4v) is 1.75. The number of hydrogen-bond donors (Lipinski definition) is 2. The van der Waals surface area contributed by atoms with Crippen molar-refractivity contribution in [2.45, 2.75) is 18.9 Å². The fraction of sp³-hybridized carbons (Fsp3) is 0.500. The third-order valence-electron chi connectivity index (χ3n) is 2.24. The molecule has 0 aliphatic heterocycles. The number of amides is 1. The van der Waals surface area contributed by atoms with Gasteiger partial charge in [-0.1, -0.05) is 6.92 Å². The lowest BCUT2D eigenvalue weighted by molar-refractivity contribution is -0.0327. The first-order chi connectivity index (χ1) is 9.42. The number of anilines is 1. The molecule has 4 nitrogen and oxygen atoms in total. The molecule has 1 rings (SSSR count). The summed E-state index contributed by atoms with van der Waals surface area (Å²) >= 11 is -0.158. The molecule has 20 heavy (non-hydrogen) atoms. The van der Waals surface area contributed by atoms with Crippen molar-refractivity contribution in [1.29, 1.82) is 0 Å². The minimum Gasteiger partial charge on any atom is -0.370 e. The molecule has 0 aliphatic rings. The second-order valence-corrected chi connectivity index (χ2v) is 5.07. The number of thioether (sulfide) groups is 1. The summed E-state index contributed by atoms with van der Waals surface area (Å²) < 4.78 is 35.6.